The Kier molecular flexibility index (Phi) is 5.02. The standard InChI is InChI=1S/C18H21ClFN/c1-11-7-13(3)16(8-12(11)2)14(4)21-10-15-5-6-18(20)17(19)9-15/h5-9,14,21H,10H2,1-4H3. The summed E-state index contributed by atoms with van der Waals surface area (Å²) in [5.41, 5.74) is 6.18. The number of halogens is 2. The van der Waals surface area contributed by atoms with E-state index >= 15 is 0 Å². The lowest BCUT2D eigenvalue weighted by Gasteiger charge is -2.18. The van der Waals surface area contributed by atoms with Crippen molar-refractivity contribution in [3.63, 3.8) is 0 Å². The van der Waals surface area contributed by atoms with Gasteiger partial charge >= 0.3 is 0 Å². The zero-order valence-corrected chi connectivity index (χ0v) is 13.7. The molecule has 0 aromatic heterocycles. The fraction of sp³-hybridized carbons (Fsp3) is 0.333. The Bertz CT molecular complexity index is 652. The van der Waals surface area contributed by atoms with Crippen molar-refractivity contribution < 1.29 is 4.39 Å². The second kappa shape index (κ2) is 6.59. The molecule has 0 aliphatic carbocycles. The molecule has 0 bridgehead atoms. The first-order chi connectivity index (χ1) is 9.88. The topological polar surface area (TPSA) is 12.0 Å². The first kappa shape index (κ1) is 16.0. The molecule has 1 nitrogen and oxygen atoms in total. The van der Waals surface area contributed by atoms with Crippen molar-refractivity contribution in [1.29, 1.82) is 0 Å². The average Bonchev–Trinajstić information content (AvgIpc) is 2.44. The Hall–Kier alpha value is -1.38. The molecular weight excluding hydrogens is 285 g/mol. The first-order valence-electron chi connectivity index (χ1n) is 7.13. The smallest absolute Gasteiger partial charge is 0.141 e. The van der Waals surface area contributed by atoms with Crippen molar-refractivity contribution in [2.45, 2.75) is 40.3 Å². The van der Waals surface area contributed by atoms with Gasteiger partial charge in [0.15, 0.2) is 0 Å². The molecule has 0 spiro atoms. The molecule has 0 heterocycles. The Morgan fingerprint density at radius 2 is 1.71 bits per heavy atom. The summed E-state index contributed by atoms with van der Waals surface area (Å²) in [7, 11) is 0. The Morgan fingerprint density at radius 1 is 1.05 bits per heavy atom. The third-order valence-electron chi connectivity index (χ3n) is 3.95. The number of nitrogens with one attached hydrogen (secondary N) is 1. The highest BCUT2D eigenvalue weighted by atomic mass is 35.5. The Labute approximate surface area is 131 Å². The molecule has 0 saturated carbocycles. The van der Waals surface area contributed by atoms with Gasteiger partial charge < -0.3 is 5.32 Å². The summed E-state index contributed by atoms with van der Waals surface area (Å²) >= 11 is 5.81. The molecule has 0 aliphatic rings. The summed E-state index contributed by atoms with van der Waals surface area (Å²) in [5, 5.41) is 3.64. The predicted molar refractivity (Wildman–Crippen MR) is 87.3 cm³/mol. The molecular formula is C18H21ClFN. The van der Waals surface area contributed by atoms with Crippen LogP contribution in [0.15, 0.2) is 30.3 Å². The van der Waals surface area contributed by atoms with E-state index in [1.165, 1.54) is 28.3 Å². The maximum absolute atomic E-state index is 13.1. The van der Waals surface area contributed by atoms with Crippen LogP contribution in [0.2, 0.25) is 5.02 Å². The van der Waals surface area contributed by atoms with Gasteiger partial charge in [-0.05, 0) is 67.6 Å². The van der Waals surface area contributed by atoms with E-state index in [9.17, 15) is 4.39 Å². The molecule has 1 unspecified atom stereocenters. The number of benzene rings is 2. The Balaban J connectivity index is 2.09. The number of aryl methyl sites for hydroxylation is 3. The van der Waals surface area contributed by atoms with Crippen LogP contribution in [-0.4, -0.2) is 0 Å². The van der Waals surface area contributed by atoms with Crippen molar-refractivity contribution in [3.05, 3.63) is 69.0 Å². The van der Waals surface area contributed by atoms with Crippen LogP contribution in [0, 0.1) is 26.6 Å². The molecule has 0 fully saturated rings. The van der Waals surface area contributed by atoms with E-state index in [2.05, 4.69) is 45.1 Å². The van der Waals surface area contributed by atoms with Gasteiger partial charge in [-0.25, -0.2) is 4.39 Å². The minimum Gasteiger partial charge on any atom is -0.306 e. The number of rotatable bonds is 4. The minimum atomic E-state index is -0.376. The molecule has 2 rings (SSSR count). The fourth-order valence-electron chi connectivity index (χ4n) is 2.48. The zero-order valence-electron chi connectivity index (χ0n) is 12.9. The molecule has 0 radical (unpaired) electrons. The summed E-state index contributed by atoms with van der Waals surface area (Å²) in [6, 6.07) is 9.52. The molecule has 2 aromatic carbocycles. The van der Waals surface area contributed by atoms with Crippen molar-refractivity contribution in [1.82, 2.24) is 5.32 Å². The predicted octanol–water partition coefficient (Wildman–Crippen LogP) is 5.26. The molecule has 1 N–H and O–H groups in total. The van der Waals surface area contributed by atoms with Crippen LogP contribution in [0.1, 0.15) is 40.8 Å². The van der Waals surface area contributed by atoms with E-state index in [0.717, 1.165) is 5.56 Å². The second-order valence-corrected chi connectivity index (χ2v) is 6.05. The summed E-state index contributed by atoms with van der Waals surface area (Å²) in [6.07, 6.45) is 0. The van der Waals surface area contributed by atoms with Crippen LogP contribution in [0.4, 0.5) is 4.39 Å². The lowest BCUT2D eigenvalue weighted by Crippen LogP contribution is -2.19. The van der Waals surface area contributed by atoms with Gasteiger partial charge in [-0.1, -0.05) is 29.8 Å². The molecule has 3 heteroatoms. The van der Waals surface area contributed by atoms with Crippen molar-refractivity contribution in [2.75, 3.05) is 0 Å². The summed E-state index contributed by atoms with van der Waals surface area (Å²) < 4.78 is 13.1. The monoisotopic (exact) mass is 305 g/mol. The molecule has 21 heavy (non-hydrogen) atoms. The lowest BCUT2D eigenvalue weighted by atomic mass is 9.96. The molecule has 0 amide bonds. The number of hydrogen-bond acceptors (Lipinski definition) is 1. The van der Waals surface area contributed by atoms with E-state index in [1.807, 2.05) is 0 Å². The third kappa shape index (κ3) is 3.84. The van der Waals surface area contributed by atoms with Crippen LogP contribution in [0.25, 0.3) is 0 Å². The van der Waals surface area contributed by atoms with Crippen LogP contribution in [-0.2, 0) is 6.54 Å². The van der Waals surface area contributed by atoms with E-state index in [-0.39, 0.29) is 16.9 Å². The van der Waals surface area contributed by atoms with E-state index in [1.54, 1.807) is 12.1 Å². The van der Waals surface area contributed by atoms with Crippen molar-refractivity contribution in [3.8, 4) is 0 Å². The van der Waals surface area contributed by atoms with E-state index in [4.69, 9.17) is 11.6 Å². The summed E-state index contributed by atoms with van der Waals surface area (Å²) in [5.74, 6) is -0.376. The van der Waals surface area contributed by atoms with Crippen molar-refractivity contribution in [2.24, 2.45) is 0 Å². The Morgan fingerprint density at radius 3 is 2.38 bits per heavy atom. The molecule has 0 saturated heterocycles. The van der Waals surface area contributed by atoms with Gasteiger partial charge in [0, 0.05) is 12.6 Å². The summed E-state index contributed by atoms with van der Waals surface area (Å²) in [6.45, 7) is 9.19. The quantitative estimate of drug-likeness (QED) is 0.813. The van der Waals surface area contributed by atoms with Gasteiger partial charge in [-0.15, -0.1) is 0 Å². The lowest BCUT2D eigenvalue weighted by molar-refractivity contribution is 0.570. The summed E-state index contributed by atoms with van der Waals surface area (Å²) in [4.78, 5) is 0. The highest BCUT2D eigenvalue weighted by Crippen LogP contribution is 2.22. The highest BCUT2D eigenvalue weighted by Gasteiger charge is 2.10. The second-order valence-electron chi connectivity index (χ2n) is 5.64. The first-order valence-corrected chi connectivity index (χ1v) is 7.51. The minimum absolute atomic E-state index is 0.171. The maximum atomic E-state index is 13.1. The van der Waals surface area contributed by atoms with Gasteiger partial charge in [-0.2, -0.15) is 0 Å². The van der Waals surface area contributed by atoms with Crippen LogP contribution in [0.3, 0.4) is 0 Å². The van der Waals surface area contributed by atoms with Gasteiger partial charge in [-0.3, -0.25) is 0 Å². The van der Waals surface area contributed by atoms with Crippen LogP contribution < -0.4 is 5.32 Å². The highest BCUT2D eigenvalue weighted by molar-refractivity contribution is 6.30. The number of hydrogen-bond donors (Lipinski definition) is 1. The van der Waals surface area contributed by atoms with Gasteiger partial charge in [0.25, 0.3) is 0 Å². The van der Waals surface area contributed by atoms with Crippen LogP contribution >= 0.6 is 11.6 Å². The zero-order chi connectivity index (χ0) is 15.6. The molecule has 2 aromatic rings. The van der Waals surface area contributed by atoms with Gasteiger partial charge in [0.05, 0.1) is 5.02 Å². The van der Waals surface area contributed by atoms with Gasteiger partial charge in [0.1, 0.15) is 5.82 Å². The van der Waals surface area contributed by atoms with Gasteiger partial charge in [0.2, 0.25) is 0 Å². The molecule has 1 atom stereocenters. The van der Waals surface area contributed by atoms with E-state index < -0.39 is 0 Å². The fourth-order valence-corrected chi connectivity index (χ4v) is 2.68. The third-order valence-corrected chi connectivity index (χ3v) is 4.23. The maximum Gasteiger partial charge on any atom is 0.141 e. The largest absolute Gasteiger partial charge is 0.306 e. The van der Waals surface area contributed by atoms with Crippen LogP contribution in [0.5, 0.6) is 0 Å². The van der Waals surface area contributed by atoms with Crippen molar-refractivity contribution >= 4 is 11.6 Å². The SMILES string of the molecule is Cc1cc(C)c(C(C)NCc2ccc(F)c(Cl)c2)cc1C. The molecule has 0 aliphatic heterocycles. The van der Waals surface area contributed by atoms with E-state index in [0.29, 0.717) is 6.54 Å². The normalized spacial score (nSPS) is 12.5. The molecule has 112 valence electrons. The average molecular weight is 306 g/mol.